The third-order valence-electron chi connectivity index (χ3n) is 6.16. The quantitative estimate of drug-likeness (QED) is 0.449. The van der Waals surface area contributed by atoms with Crippen LogP contribution in [-0.4, -0.2) is 26.2 Å². The second-order valence-corrected chi connectivity index (χ2v) is 8.17. The van der Waals surface area contributed by atoms with Gasteiger partial charge in [-0.2, -0.15) is 0 Å². The fraction of sp³-hybridized carbons (Fsp3) is 0.200. The molecular weight excluding hydrogens is 402 g/mol. The molecule has 0 atom stereocenters. The SMILES string of the molecule is Cc1nc2c(C(N)=O)ncn2c(C)c1CCC(=O)Nc1ccc2c(c1)Cc1ccccc1-2. The highest BCUT2D eigenvalue weighted by atomic mass is 16.2. The number of benzene rings is 2. The molecule has 3 N–H and O–H groups in total. The number of imidazole rings is 1. The lowest BCUT2D eigenvalue weighted by atomic mass is 10.0. The number of hydrogen-bond acceptors (Lipinski definition) is 4. The van der Waals surface area contributed by atoms with Crippen molar-refractivity contribution in [1.29, 1.82) is 0 Å². The molecule has 7 heteroatoms. The number of aryl methyl sites for hydroxylation is 2. The van der Waals surface area contributed by atoms with Crippen LogP contribution in [0.1, 0.15) is 45.0 Å². The van der Waals surface area contributed by atoms with E-state index in [2.05, 4.69) is 51.7 Å². The molecule has 0 saturated heterocycles. The van der Waals surface area contributed by atoms with E-state index in [0.29, 0.717) is 18.5 Å². The monoisotopic (exact) mass is 425 g/mol. The Kier molecular flexibility index (Phi) is 4.74. The molecule has 0 fully saturated rings. The zero-order valence-corrected chi connectivity index (χ0v) is 18.0. The van der Waals surface area contributed by atoms with Gasteiger partial charge in [0, 0.05) is 23.5 Å². The molecule has 0 saturated carbocycles. The first-order valence-corrected chi connectivity index (χ1v) is 10.6. The van der Waals surface area contributed by atoms with Crippen LogP contribution in [-0.2, 0) is 17.6 Å². The average molecular weight is 425 g/mol. The zero-order valence-electron chi connectivity index (χ0n) is 18.0. The molecule has 4 aromatic rings. The van der Waals surface area contributed by atoms with Crippen LogP contribution in [0.5, 0.6) is 0 Å². The highest BCUT2D eigenvalue weighted by Gasteiger charge is 2.19. The minimum absolute atomic E-state index is 0.0529. The highest BCUT2D eigenvalue weighted by Crippen LogP contribution is 2.37. The first-order chi connectivity index (χ1) is 15.4. The molecule has 5 rings (SSSR count). The van der Waals surface area contributed by atoms with E-state index in [1.807, 2.05) is 19.9 Å². The summed E-state index contributed by atoms with van der Waals surface area (Å²) in [5.74, 6) is -0.661. The van der Waals surface area contributed by atoms with E-state index in [-0.39, 0.29) is 11.6 Å². The molecule has 0 aliphatic heterocycles. The molecular formula is C25H23N5O2. The summed E-state index contributed by atoms with van der Waals surface area (Å²) in [4.78, 5) is 32.8. The Labute approximate surface area is 185 Å². The summed E-state index contributed by atoms with van der Waals surface area (Å²) in [5.41, 5.74) is 14.5. The number of rotatable bonds is 5. The van der Waals surface area contributed by atoms with Gasteiger partial charge in [-0.3, -0.25) is 14.0 Å². The summed E-state index contributed by atoms with van der Waals surface area (Å²) in [6.07, 6.45) is 3.29. The Morgan fingerprint density at radius 1 is 1.09 bits per heavy atom. The van der Waals surface area contributed by atoms with Crippen LogP contribution in [0.4, 0.5) is 5.69 Å². The second kappa shape index (κ2) is 7.60. The molecule has 2 heterocycles. The molecule has 1 aliphatic carbocycles. The second-order valence-electron chi connectivity index (χ2n) is 8.17. The number of nitrogens with one attached hydrogen (secondary N) is 1. The van der Waals surface area contributed by atoms with Gasteiger partial charge in [0.25, 0.3) is 5.91 Å². The van der Waals surface area contributed by atoms with E-state index in [4.69, 9.17) is 5.73 Å². The molecule has 1 aliphatic rings. The van der Waals surface area contributed by atoms with Gasteiger partial charge in [-0.15, -0.1) is 0 Å². The van der Waals surface area contributed by atoms with Crippen LogP contribution >= 0.6 is 0 Å². The maximum atomic E-state index is 12.7. The van der Waals surface area contributed by atoms with E-state index in [1.165, 1.54) is 22.3 Å². The van der Waals surface area contributed by atoms with Gasteiger partial charge >= 0.3 is 0 Å². The third kappa shape index (κ3) is 3.32. The first-order valence-electron chi connectivity index (χ1n) is 10.6. The van der Waals surface area contributed by atoms with Crippen LogP contribution in [0, 0.1) is 13.8 Å². The number of aromatic nitrogens is 3. The molecule has 2 amide bonds. The Balaban J connectivity index is 1.30. The van der Waals surface area contributed by atoms with Gasteiger partial charge in [-0.05, 0) is 66.6 Å². The minimum atomic E-state index is -0.608. The van der Waals surface area contributed by atoms with Gasteiger partial charge < -0.3 is 11.1 Å². The van der Waals surface area contributed by atoms with Gasteiger partial charge in [-0.1, -0.05) is 30.3 Å². The predicted molar refractivity (Wildman–Crippen MR) is 123 cm³/mol. The summed E-state index contributed by atoms with van der Waals surface area (Å²) in [6.45, 7) is 3.80. The molecule has 7 nitrogen and oxygen atoms in total. The Hall–Kier alpha value is -4.00. The number of primary amides is 1. The summed E-state index contributed by atoms with van der Waals surface area (Å²) in [5, 5.41) is 3.02. The summed E-state index contributed by atoms with van der Waals surface area (Å²) < 4.78 is 1.75. The van der Waals surface area contributed by atoms with Crippen molar-refractivity contribution >= 4 is 23.1 Å². The van der Waals surface area contributed by atoms with Crippen molar-refractivity contribution in [2.24, 2.45) is 5.73 Å². The highest BCUT2D eigenvalue weighted by molar-refractivity contribution is 5.96. The van der Waals surface area contributed by atoms with E-state index in [0.717, 1.165) is 29.1 Å². The van der Waals surface area contributed by atoms with E-state index in [1.54, 1.807) is 10.7 Å². The topological polar surface area (TPSA) is 102 Å². The maximum Gasteiger partial charge on any atom is 0.271 e. The molecule has 2 aromatic carbocycles. The minimum Gasteiger partial charge on any atom is -0.364 e. The van der Waals surface area contributed by atoms with Crippen molar-refractivity contribution in [3.63, 3.8) is 0 Å². The number of carbonyl (C=O) groups is 2. The van der Waals surface area contributed by atoms with E-state index >= 15 is 0 Å². The average Bonchev–Trinajstić information content (AvgIpc) is 3.34. The van der Waals surface area contributed by atoms with Crippen molar-refractivity contribution in [3.8, 4) is 11.1 Å². The van der Waals surface area contributed by atoms with Crippen LogP contribution in [0.25, 0.3) is 16.8 Å². The van der Waals surface area contributed by atoms with Gasteiger partial charge in [0.05, 0.1) is 0 Å². The lowest BCUT2D eigenvalue weighted by Gasteiger charge is -2.12. The summed E-state index contributed by atoms with van der Waals surface area (Å²) >= 11 is 0. The molecule has 0 radical (unpaired) electrons. The predicted octanol–water partition coefficient (Wildman–Crippen LogP) is 3.59. The standard InChI is InChI=1S/C25H23N5O2/c1-14-19(15(2)30-13-27-23(24(26)32)25(30)28-14)9-10-22(31)29-18-7-8-21-17(12-18)11-16-5-3-4-6-20(16)21/h3-8,12-13H,9-11H2,1-2H3,(H2,26,32)(H,29,31). The van der Waals surface area contributed by atoms with Gasteiger partial charge in [-0.25, -0.2) is 9.97 Å². The fourth-order valence-corrected chi connectivity index (χ4v) is 4.55. The molecule has 0 spiro atoms. The number of amides is 2. The largest absolute Gasteiger partial charge is 0.364 e. The number of hydrogen-bond donors (Lipinski definition) is 2. The Bertz CT molecular complexity index is 1400. The molecule has 0 bridgehead atoms. The summed E-state index contributed by atoms with van der Waals surface area (Å²) in [7, 11) is 0. The fourth-order valence-electron chi connectivity index (χ4n) is 4.55. The number of nitrogens with zero attached hydrogens (tertiary/aromatic N) is 3. The maximum absolute atomic E-state index is 12.7. The van der Waals surface area contributed by atoms with Crippen molar-refractivity contribution in [1.82, 2.24) is 14.4 Å². The number of fused-ring (bicyclic) bond motifs is 4. The Morgan fingerprint density at radius 2 is 1.88 bits per heavy atom. The molecule has 32 heavy (non-hydrogen) atoms. The number of nitrogens with two attached hydrogens (primary N) is 1. The van der Waals surface area contributed by atoms with E-state index < -0.39 is 5.91 Å². The van der Waals surface area contributed by atoms with Crippen molar-refractivity contribution in [3.05, 3.63) is 82.6 Å². The van der Waals surface area contributed by atoms with Gasteiger partial charge in [0.1, 0.15) is 6.33 Å². The smallest absolute Gasteiger partial charge is 0.271 e. The molecule has 160 valence electrons. The van der Waals surface area contributed by atoms with Gasteiger partial charge in [0.15, 0.2) is 11.3 Å². The lowest BCUT2D eigenvalue weighted by Crippen LogP contribution is -2.15. The Morgan fingerprint density at radius 3 is 2.69 bits per heavy atom. The van der Waals surface area contributed by atoms with Crippen molar-refractivity contribution in [2.75, 3.05) is 5.32 Å². The van der Waals surface area contributed by atoms with Crippen LogP contribution < -0.4 is 11.1 Å². The third-order valence-corrected chi connectivity index (χ3v) is 6.16. The number of anilines is 1. The lowest BCUT2D eigenvalue weighted by molar-refractivity contribution is -0.116. The normalized spacial score (nSPS) is 11.9. The zero-order chi connectivity index (χ0) is 22.4. The summed E-state index contributed by atoms with van der Waals surface area (Å²) in [6, 6.07) is 14.5. The van der Waals surface area contributed by atoms with Crippen LogP contribution in [0.2, 0.25) is 0 Å². The van der Waals surface area contributed by atoms with Crippen molar-refractivity contribution < 1.29 is 9.59 Å². The molecule has 2 aromatic heterocycles. The number of carbonyl (C=O) groups excluding carboxylic acids is 2. The van der Waals surface area contributed by atoms with E-state index in [9.17, 15) is 9.59 Å². The van der Waals surface area contributed by atoms with Crippen LogP contribution in [0.3, 0.4) is 0 Å². The van der Waals surface area contributed by atoms with Crippen LogP contribution in [0.15, 0.2) is 48.8 Å². The molecule has 0 unspecified atom stereocenters. The first kappa shape index (κ1) is 19.9. The van der Waals surface area contributed by atoms with Gasteiger partial charge in [0.2, 0.25) is 5.91 Å². The van der Waals surface area contributed by atoms with Crippen molar-refractivity contribution in [2.45, 2.75) is 33.1 Å².